The maximum atomic E-state index is 13.8. The summed E-state index contributed by atoms with van der Waals surface area (Å²) in [5.74, 6) is -0.221. The van der Waals surface area contributed by atoms with Crippen molar-refractivity contribution in [1.82, 2.24) is 4.98 Å². The molecule has 1 N–H and O–H groups in total. The highest BCUT2D eigenvalue weighted by molar-refractivity contribution is 9.10. The van der Waals surface area contributed by atoms with Gasteiger partial charge in [-0.2, -0.15) is 0 Å². The molecule has 0 aliphatic heterocycles. The van der Waals surface area contributed by atoms with Crippen LogP contribution in [0.1, 0.15) is 24.9 Å². The molecule has 1 atom stereocenters. The third-order valence-electron chi connectivity index (χ3n) is 2.82. The lowest BCUT2D eigenvalue weighted by atomic mass is 10.0. The van der Waals surface area contributed by atoms with E-state index in [0.717, 1.165) is 10.9 Å². The van der Waals surface area contributed by atoms with E-state index in [4.69, 9.17) is 11.6 Å². The fourth-order valence-corrected chi connectivity index (χ4v) is 2.36. The van der Waals surface area contributed by atoms with Crippen molar-refractivity contribution in [2.24, 2.45) is 0 Å². The first-order chi connectivity index (χ1) is 9.11. The Morgan fingerprint density at radius 3 is 2.84 bits per heavy atom. The first-order valence-electron chi connectivity index (χ1n) is 5.93. The Balaban J connectivity index is 2.29. The van der Waals surface area contributed by atoms with Gasteiger partial charge in [0, 0.05) is 16.2 Å². The van der Waals surface area contributed by atoms with Crippen molar-refractivity contribution in [3.63, 3.8) is 0 Å². The molecule has 0 radical (unpaired) electrons. The van der Waals surface area contributed by atoms with Crippen molar-refractivity contribution < 1.29 is 4.39 Å². The van der Waals surface area contributed by atoms with E-state index in [1.807, 2.05) is 19.1 Å². The molecule has 0 spiro atoms. The van der Waals surface area contributed by atoms with Gasteiger partial charge in [0.2, 0.25) is 0 Å². The lowest BCUT2D eigenvalue weighted by Gasteiger charge is -2.20. The fraction of sp³-hybridized carbons (Fsp3) is 0.214. The zero-order valence-electron chi connectivity index (χ0n) is 10.3. The Kier molecular flexibility index (Phi) is 4.77. The van der Waals surface area contributed by atoms with Crippen molar-refractivity contribution in [3.05, 3.63) is 57.5 Å². The fourth-order valence-electron chi connectivity index (χ4n) is 1.87. The van der Waals surface area contributed by atoms with Crippen LogP contribution >= 0.6 is 27.5 Å². The predicted molar refractivity (Wildman–Crippen MR) is 80.0 cm³/mol. The van der Waals surface area contributed by atoms with E-state index in [1.165, 1.54) is 6.07 Å². The van der Waals surface area contributed by atoms with Gasteiger partial charge >= 0.3 is 0 Å². The first kappa shape index (κ1) is 14.3. The Hall–Kier alpha value is -1.13. The molecule has 1 heterocycles. The van der Waals surface area contributed by atoms with E-state index < -0.39 is 0 Å². The van der Waals surface area contributed by atoms with Gasteiger partial charge in [-0.05, 0) is 34.5 Å². The summed E-state index contributed by atoms with van der Waals surface area (Å²) >= 11 is 9.38. The van der Waals surface area contributed by atoms with Crippen molar-refractivity contribution >= 4 is 33.2 Å². The van der Waals surface area contributed by atoms with Gasteiger partial charge in [0.25, 0.3) is 0 Å². The lowest BCUT2D eigenvalue weighted by molar-refractivity contribution is 0.587. The maximum Gasteiger partial charge on any atom is 0.152 e. The van der Waals surface area contributed by atoms with Gasteiger partial charge in [0.05, 0.1) is 11.7 Å². The molecule has 0 saturated carbocycles. The largest absolute Gasteiger partial charge is 0.376 e. The van der Waals surface area contributed by atoms with E-state index in [2.05, 4.69) is 26.2 Å². The van der Waals surface area contributed by atoms with Gasteiger partial charge < -0.3 is 5.32 Å². The highest BCUT2D eigenvalue weighted by Crippen LogP contribution is 2.29. The molecule has 2 aromatic rings. The number of rotatable bonds is 4. The molecule has 19 heavy (non-hydrogen) atoms. The van der Waals surface area contributed by atoms with E-state index in [-0.39, 0.29) is 11.9 Å². The van der Waals surface area contributed by atoms with Crippen LogP contribution in [0.4, 0.5) is 10.1 Å². The number of halogens is 3. The zero-order chi connectivity index (χ0) is 13.8. The number of hydrogen-bond donors (Lipinski definition) is 1. The molecular weight excluding hydrogens is 331 g/mol. The molecule has 0 aliphatic carbocycles. The number of aromatic nitrogens is 1. The van der Waals surface area contributed by atoms with Crippen molar-refractivity contribution in [2.75, 3.05) is 5.32 Å². The van der Waals surface area contributed by atoms with Gasteiger partial charge in [-0.1, -0.05) is 36.7 Å². The highest BCUT2D eigenvalue weighted by atomic mass is 79.9. The molecule has 0 saturated heterocycles. The third-order valence-corrected chi connectivity index (χ3v) is 3.56. The minimum atomic E-state index is -0.221. The maximum absolute atomic E-state index is 13.8. The molecule has 2 rings (SSSR count). The number of nitrogens with one attached hydrogen (secondary N) is 1. The van der Waals surface area contributed by atoms with Crippen LogP contribution in [0.3, 0.4) is 0 Å². The van der Waals surface area contributed by atoms with E-state index in [0.29, 0.717) is 16.4 Å². The summed E-state index contributed by atoms with van der Waals surface area (Å²) in [6.45, 7) is 1.99. The van der Waals surface area contributed by atoms with Gasteiger partial charge in [-0.15, -0.1) is 0 Å². The van der Waals surface area contributed by atoms with E-state index >= 15 is 0 Å². The average molecular weight is 344 g/mol. The minimum Gasteiger partial charge on any atom is -0.376 e. The van der Waals surface area contributed by atoms with Crippen LogP contribution in [0.15, 0.2) is 41.0 Å². The standard InChI is InChI=1S/C14H13BrClFN2/c1-2-12(10-5-3-4-6-11(10)17)19-13-7-9(15)8-18-14(13)16/h3-8,12,19H,2H2,1H3. The average Bonchev–Trinajstić information content (AvgIpc) is 2.41. The Morgan fingerprint density at radius 2 is 2.16 bits per heavy atom. The molecule has 1 aromatic carbocycles. The van der Waals surface area contributed by atoms with Gasteiger partial charge in [-0.25, -0.2) is 9.37 Å². The summed E-state index contributed by atoms with van der Waals surface area (Å²) in [6.07, 6.45) is 2.36. The van der Waals surface area contributed by atoms with E-state index in [9.17, 15) is 4.39 Å². The minimum absolute atomic E-state index is 0.144. The molecule has 0 bridgehead atoms. The molecule has 100 valence electrons. The van der Waals surface area contributed by atoms with E-state index in [1.54, 1.807) is 18.3 Å². The summed E-state index contributed by atoms with van der Waals surface area (Å²) in [7, 11) is 0. The molecule has 5 heteroatoms. The van der Waals surface area contributed by atoms with Crippen LogP contribution in [0.5, 0.6) is 0 Å². The third kappa shape index (κ3) is 3.45. The highest BCUT2D eigenvalue weighted by Gasteiger charge is 2.15. The Labute approximate surface area is 125 Å². The lowest BCUT2D eigenvalue weighted by Crippen LogP contribution is -2.12. The molecule has 0 aliphatic rings. The van der Waals surface area contributed by atoms with Gasteiger partial charge in [-0.3, -0.25) is 0 Å². The van der Waals surface area contributed by atoms with Crippen molar-refractivity contribution in [2.45, 2.75) is 19.4 Å². The summed E-state index contributed by atoms with van der Waals surface area (Å²) in [6, 6.07) is 8.42. The number of pyridine rings is 1. The Morgan fingerprint density at radius 1 is 1.42 bits per heavy atom. The number of anilines is 1. The summed E-state index contributed by atoms with van der Waals surface area (Å²) in [5.41, 5.74) is 1.31. The van der Waals surface area contributed by atoms with Crippen LogP contribution in [0.25, 0.3) is 0 Å². The monoisotopic (exact) mass is 342 g/mol. The van der Waals surface area contributed by atoms with Crippen LogP contribution in [-0.2, 0) is 0 Å². The second kappa shape index (κ2) is 6.35. The molecule has 1 unspecified atom stereocenters. The van der Waals surface area contributed by atoms with Crippen LogP contribution in [0, 0.1) is 5.82 Å². The Bertz CT molecular complexity index is 577. The molecule has 1 aromatic heterocycles. The number of benzene rings is 1. The summed E-state index contributed by atoms with van der Waals surface area (Å²) in [4.78, 5) is 4.04. The normalized spacial score (nSPS) is 12.2. The SMILES string of the molecule is CCC(Nc1cc(Br)cnc1Cl)c1ccccc1F. The predicted octanol–water partition coefficient (Wildman–Crippen LogP) is 5.20. The van der Waals surface area contributed by atoms with Crippen molar-refractivity contribution in [3.8, 4) is 0 Å². The second-order valence-corrected chi connectivity index (χ2v) is 5.39. The van der Waals surface area contributed by atoms with Crippen molar-refractivity contribution in [1.29, 1.82) is 0 Å². The molecular formula is C14H13BrClFN2. The number of nitrogens with zero attached hydrogens (tertiary/aromatic N) is 1. The summed E-state index contributed by atoms with van der Waals surface area (Å²) < 4.78 is 14.6. The van der Waals surface area contributed by atoms with Gasteiger partial charge in [0.1, 0.15) is 5.82 Å². The van der Waals surface area contributed by atoms with Gasteiger partial charge in [0.15, 0.2) is 5.15 Å². The topological polar surface area (TPSA) is 24.9 Å². The van der Waals surface area contributed by atoms with Crippen LogP contribution in [-0.4, -0.2) is 4.98 Å². The van der Waals surface area contributed by atoms with Crippen LogP contribution < -0.4 is 5.32 Å². The number of hydrogen-bond acceptors (Lipinski definition) is 2. The second-order valence-electron chi connectivity index (χ2n) is 4.12. The first-order valence-corrected chi connectivity index (χ1v) is 7.11. The molecule has 0 amide bonds. The van der Waals surface area contributed by atoms with Crippen LogP contribution in [0.2, 0.25) is 5.15 Å². The smallest absolute Gasteiger partial charge is 0.152 e. The zero-order valence-corrected chi connectivity index (χ0v) is 12.7. The molecule has 0 fully saturated rings. The molecule has 2 nitrogen and oxygen atoms in total. The summed E-state index contributed by atoms with van der Waals surface area (Å²) in [5, 5.41) is 3.60. The quantitative estimate of drug-likeness (QED) is 0.772.